The molecule has 0 aliphatic heterocycles. The Morgan fingerprint density at radius 3 is 2.92 bits per heavy atom. The monoisotopic (exact) mass is 195 g/mol. The second-order valence-corrected chi connectivity index (χ2v) is 3.78. The molecule has 0 heterocycles. The average Bonchev–Trinajstić information content (AvgIpc) is 2.61. The number of nitrogens with one attached hydrogen (secondary N) is 1. The summed E-state index contributed by atoms with van der Waals surface area (Å²) < 4.78 is 0. The molecular weight excluding hydrogens is 182 g/mol. The molecule has 0 amide bonds. The first-order chi connectivity index (χ1) is 6.40. The van der Waals surface area contributed by atoms with Crippen LogP contribution in [0.2, 0.25) is 0 Å². The van der Waals surface area contributed by atoms with E-state index in [4.69, 9.17) is 11.6 Å². The van der Waals surface area contributed by atoms with Gasteiger partial charge in [-0.1, -0.05) is 18.2 Å². The molecule has 13 heavy (non-hydrogen) atoms. The summed E-state index contributed by atoms with van der Waals surface area (Å²) in [4.78, 5) is 0. The molecule has 0 spiro atoms. The molecule has 1 nitrogen and oxygen atoms in total. The number of hydrogen-bond donors (Lipinski definition) is 1. The lowest BCUT2D eigenvalue weighted by Gasteiger charge is -2.04. The van der Waals surface area contributed by atoms with Crippen molar-refractivity contribution in [1.82, 2.24) is 5.32 Å². The number of halogens is 1. The molecule has 0 fully saturated rings. The summed E-state index contributed by atoms with van der Waals surface area (Å²) in [5.74, 6) is 0. The van der Waals surface area contributed by atoms with Gasteiger partial charge in [-0.05, 0) is 36.0 Å². The maximum atomic E-state index is 5.56. The Morgan fingerprint density at radius 2 is 2.08 bits per heavy atom. The molecule has 1 aromatic carbocycles. The van der Waals surface area contributed by atoms with Crippen LogP contribution in [0.4, 0.5) is 0 Å². The highest BCUT2D eigenvalue weighted by atomic mass is 35.5. The van der Waals surface area contributed by atoms with Crippen LogP contribution in [0.15, 0.2) is 18.2 Å². The number of fused-ring (bicyclic) bond motifs is 1. The van der Waals surface area contributed by atoms with E-state index in [0.29, 0.717) is 6.00 Å². The van der Waals surface area contributed by atoms with Crippen molar-refractivity contribution in [3.05, 3.63) is 34.9 Å². The molecule has 2 rings (SSSR count). The summed E-state index contributed by atoms with van der Waals surface area (Å²) in [7, 11) is 0. The van der Waals surface area contributed by atoms with Crippen LogP contribution in [0, 0.1) is 0 Å². The molecule has 0 unspecified atom stereocenters. The van der Waals surface area contributed by atoms with Gasteiger partial charge in [0.15, 0.2) is 0 Å². The van der Waals surface area contributed by atoms with Crippen LogP contribution in [0.5, 0.6) is 0 Å². The Labute approximate surface area is 84.1 Å². The minimum atomic E-state index is 0.525. The van der Waals surface area contributed by atoms with Crippen molar-refractivity contribution in [2.75, 3.05) is 6.00 Å². The summed E-state index contributed by atoms with van der Waals surface area (Å²) in [5.41, 5.74) is 4.42. The van der Waals surface area contributed by atoms with Crippen molar-refractivity contribution < 1.29 is 0 Å². The molecule has 0 radical (unpaired) electrons. The fraction of sp³-hybridized carbons (Fsp3) is 0.455. The second-order valence-electron chi connectivity index (χ2n) is 3.52. The molecular formula is C11H14ClN. The first-order valence-electron chi connectivity index (χ1n) is 4.77. The predicted octanol–water partition coefficient (Wildman–Crippen LogP) is 2.46. The molecule has 70 valence electrons. The minimum absolute atomic E-state index is 0.525. The summed E-state index contributed by atoms with van der Waals surface area (Å²) in [6.07, 6.45) is 3.84. The number of benzene rings is 1. The van der Waals surface area contributed by atoms with Crippen molar-refractivity contribution in [1.29, 1.82) is 0 Å². The van der Waals surface area contributed by atoms with Gasteiger partial charge in [0.25, 0.3) is 0 Å². The van der Waals surface area contributed by atoms with Crippen molar-refractivity contribution >= 4 is 11.6 Å². The van der Waals surface area contributed by atoms with E-state index in [1.165, 1.54) is 36.0 Å². The molecule has 1 aromatic rings. The van der Waals surface area contributed by atoms with E-state index in [1.807, 2.05) is 0 Å². The first kappa shape index (κ1) is 9.04. The topological polar surface area (TPSA) is 12.0 Å². The Kier molecular flexibility index (Phi) is 2.87. The number of alkyl halides is 1. The fourth-order valence-electron chi connectivity index (χ4n) is 1.93. The van der Waals surface area contributed by atoms with Gasteiger partial charge in [0.05, 0.1) is 6.00 Å². The van der Waals surface area contributed by atoms with E-state index in [-0.39, 0.29) is 0 Å². The lowest BCUT2D eigenvalue weighted by atomic mass is 10.1. The fourth-order valence-corrected chi connectivity index (χ4v) is 2.02. The Morgan fingerprint density at radius 1 is 1.23 bits per heavy atom. The van der Waals surface area contributed by atoms with E-state index in [9.17, 15) is 0 Å². The molecule has 0 bridgehead atoms. The molecule has 1 aliphatic rings. The molecule has 0 aromatic heterocycles. The summed E-state index contributed by atoms with van der Waals surface area (Å²) in [6, 6.07) is 7.29. The van der Waals surface area contributed by atoms with Crippen LogP contribution < -0.4 is 5.32 Å². The predicted molar refractivity (Wildman–Crippen MR) is 56.0 cm³/mol. The van der Waals surface area contributed by atoms with Gasteiger partial charge in [0, 0.05) is 6.54 Å². The van der Waals surface area contributed by atoms with Gasteiger partial charge in [-0.2, -0.15) is 0 Å². The van der Waals surface area contributed by atoms with Crippen molar-refractivity contribution in [2.45, 2.75) is 25.8 Å². The van der Waals surface area contributed by atoms with Crippen molar-refractivity contribution in [2.24, 2.45) is 0 Å². The Hall–Kier alpha value is -0.530. The molecule has 0 atom stereocenters. The lowest BCUT2D eigenvalue weighted by Crippen LogP contribution is -2.10. The third-order valence-corrected chi connectivity index (χ3v) is 2.78. The smallest absolute Gasteiger partial charge is 0.0716 e. The SMILES string of the molecule is ClCNCc1ccc2c(c1)CCC2. The zero-order valence-electron chi connectivity index (χ0n) is 7.65. The van der Waals surface area contributed by atoms with Gasteiger partial charge in [-0.25, -0.2) is 0 Å². The first-order valence-corrected chi connectivity index (χ1v) is 5.31. The molecule has 1 N–H and O–H groups in total. The normalized spacial score (nSPS) is 14.5. The van der Waals surface area contributed by atoms with E-state index in [1.54, 1.807) is 0 Å². The summed E-state index contributed by atoms with van der Waals surface area (Å²) >= 11 is 5.56. The Bertz CT molecular complexity index is 296. The third-order valence-electron chi connectivity index (χ3n) is 2.59. The maximum absolute atomic E-state index is 5.56. The van der Waals surface area contributed by atoms with Crippen LogP contribution in [0.3, 0.4) is 0 Å². The third kappa shape index (κ3) is 2.04. The molecule has 0 saturated carbocycles. The van der Waals surface area contributed by atoms with Crippen LogP contribution in [0.1, 0.15) is 23.1 Å². The average molecular weight is 196 g/mol. The van der Waals surface area contributed by atoms with Gasteiger partial charge in [0.2, 0.25) is 0 Å². The largest absolute Gasteiger partial charge is 0.300 e. The van der Waals surface area contributed by atoms with Gasteiger partial charge in [-0.3, -0.25) is 5.32 Å². The van der Waals surface area contributed by atoms with Gasteiger partial charge in [0.1, 0.15) is 0 Å². The van der Waals surface area contributed by atoms with Crippen LogP contribution in [-0.2, 0) is 19.4 Å². The van der Waals surface area contributed by atoms with Gasteiger partial charge >= 0.3 is 0 Å². The minimum Gasteiger partial charge on any atom is -0.300 e. The number of hydrogen-bond acceptors (Lipinski definition) is 1. The zero-order chi connectivity index (χ0) is 9.10. The van der Waals surface area contributed by atoms with Crippen LogP contribution in [-0.4, -0.2) is 6.00 Å². The van der Waals surface area contributed by atoms with E-state index < -0.39 is 0 Å². The van der Waals surface area contributed by atoms with E-state index >= 15 is 0 Å². The van der Waals surface area contributed by atoms with E-state index in [0.717, 1.165) is 6.54 Å². The highest BCUT2D eigenvalue weighted by Crippen LogP contribution is 2.22. The van der Waals surface area contributed by atoms with Crippen molar-refractivity contribution in [3.63, 3.8) is 0 Å². The summed E-state index contributed by atoms with van der Waals surface area (Å²) in [6.45, 7) is 0.886. The highest BCUT2D eigenvalue weighted by molar-refractivity contribution is 6.17. The van der Waals surface area contributed by atoms with Gasteiger partial charge < -0.3 is 0 Å². The molecule has 0 saturated heterocycles. The highest BCUT2D eigenvalue weighted by Gasteiger charge is 2.09. The maximum Gasteiger partial charge on any atom is 0.0716 e. The van der Waals surface area contributed by atoms with Crippen LogP contribution in [0.25, 0.3) is 0 Å². The Balaban J connectivity index is 2.12. The zero-order valence-corrected chi connectivity index (χ0v) is 8.40. The van der Waals surface area contributed by atoms with Crippen molar-refractivity contribution in [3.8, 4) is 0 Å². The quantitative estimate of drug-likeness (QED) is 0.577. The molecule has 2 heteroatoms. The van der Waals surface area contributed by atoms with E-state index in [2.05, 4.69) is 23.5 Å². The number of aryl methyl sites for hydroxylation is 2. The molecule has 1 aliphatic carbocycles. The lowest BCUT2D eigenvalue weighted by molar-refractivity contribution is 0.790. The number of rotatable bonds is 3. The summed E-state index contributed by atoms with van der Waals surface area (Å²) in [5, 5.41) is 3.12. The van der Waals surface area contributed by atoms with Gasteiger partial charge in [-0.15, -0.1) is 11.6 Å². The second kappa shape index (κ2) is 4.12. The standard InChI is InChI=1S/C11H14ClN/c12-8-13-7-9-4-5-10-2-1-3-11(10)6-9/h4-6,13H,1-3,7-8H2. The van der Waals surface area contributed by atoms with Crippen LogP contribution >= 0.6 is 11.6 Å².